The first-order valence-electron chi connectivity index (χ1n) is 8.47. The van der Waals surface area contributed by atoms with Crippen molar-refractivity contribution in [3.63, 3.8) is 0 Å². The van der Waals surface area contributed by atoms with Crippen LogP contribution >= 0.6 is 11.3 Å². The summed E-state index contributed by atoms with van der Waals surface area (Å²) in [5.41, 5.74) is 1.32. The minimum Gasteiger partial charge on any atom is -0.496 e. The number of rotatable bonds is 7. The van der Waals surface area contributed by atoms with Crippen LogP contribution < -0.4 is 10.1 Å². The molecule has 1 amide bonds. The molecule has 0 radical (unpaired) electrons. The molecule has 0 spiro atoms. The summed E-state index contributed by atoms with van der Waals surface area (Å²) in [6.45, 7) is 1.60. The van der Waals surface area contributed by atoms with E-state index < -0.39 is 4.92 Å². The lowest BCUT2D eigenvalue weighted by Crippen LogP contribution is -2.27. The van der Waals surface area contributed by atoms with Crippen molar-refractivity contribution in [1.82, 2.24) is 4.90 Å². The van der Waals surface area contributed by atoms with E-state index in [1.807, 2.05) is 0 Å². The Kier molecular flexibility index (Phi) is 5.85. The number of ether oxygens (including phenoxy) is 1. The molecular weight excluding hydrogens is 354 g/mol. The second kappa shape index (κ2) is 8.29. The first kappa shape index (κ1) is 18.3. The van der Waals surface area contributed by atoms with Crippen LogP contribution in [-0.2, 0) is 4.79 Å². The van der Waals surface area contributed by atoms with Gasteiger partial charge in [0.2, 0.25) is 5.91 Å². The van der Waals surface area contributed by atoms with Gasteiger partial charge in [-0.25, -0.2) is 0 Å². The number of methoxy groups -OCH3 is 1. The van der Waals surface area contributed by atoms with E-state index in [1.165, 1.54) is 24.8 Å². The van der Waals surface area contributed by atoms with Crippen LogP contribution in [0.25, 0.3) is 0 Å². The maximum Gasteiger partial charge on any atom is 0.296 e. The van der Waals surface area contributed by atoms with Crippen LogP contribution in [0.15, 0.2) is 35.0 Å². The molecule has 1 aromatic carbocycles. The number of anilines is 1. The Morgan fingerprint density at radius 3 is 3.00 bits per heavy atom. The van der Waals surface area contributed by atoms with E-state index in [0.717, 1.165) is 19.4 Å². The Bertz CT molecular complexity index is 779. The van der Waals surface area contributed by atoms with Crippen LogP contribution in [0, 0.1) is 10.1 Å². The number of thiophene rings is 1. The van der Waals surface area contributed by atoms with Gasteiger partial charge in [-0.2, -0.15) is 11.3 Å². The number of amides is 1. The molecule has 2 aromatic rings. The third kappa shape index (κ3) is 4.20. The Hall–Kier alpha value is -2.45. The summed E-state index contributed by atoms with van der Waals surface area (Å²) in [5.74, 6) is 0.152. The van der Waals surface area contributed by atoms with Gasteiger partial charge in [0.15, 0.2) is 0 Å². The molecule has 0 saturated carbocycles. The number of benzene rings is 1. The highest BCUT2D eigenvalue weighted by molar-refractivity contribution is 7.07. The van der Waals surface area contributed by atoms with Crippen molar-refractivity contribution < 1.29 is 14.5 Å². The molecule has 1 aliphatic heterocycles. The second-order valence-electron chi connectivity index (χ2n) is 6.19. The molecule has 1 saturated heterocycles. The fourth-order valence-corrected chi connectivity index (χ4v) is 4.00. The standard InChI is InChI=1S/C18H21N3O4S/c1-25-14-4-5-15(17(11-14)21(23)24)19-18(22)6-9-20-8-2-3-16(20)13-7-10-26-12-13/h4-5,7,10-12,16H,2-3,6,8-9H2,1H3,(H,19,22)/t16-/m0/s1. The normalized spacial score (nSPS) is 17.2. The van der Waals surface area contributed by atoms with Gasteiger partial charge in [0.1, 0.15) is 11.4 Å². The van der Waals surface area contributed by atoms with Gasteiger partial charge in [0.25, 0.3) is 5.69 Å². The SMILES string of the molecule is COc1ccc(NC(=O)CCN2CCC[C@H]2c2ccsc2)c([N+](=O)[O-])c1. The largest absolute Gasteiger partial charge is 0.496 e. The molecule has 7 nitrogen and oxygen atoms in total. The number of carbonyl (C=O) groups is 1. The Balaban J connectivity index is 1.60. The maximum atomic E-state index is 12.3. The van der Waals surface area contributed by atoms with Gasteiger partial charge < -0.3 is 10.1 Å². The number of nitrogens with one attached hydrogen (secondary N) is 1. The Morgan fingerprint density at radius 1 is 1.46 bits per heavy atom. The van der Waals surface area contributed by atoms with Crippen LogP contribution in [0.1, 0.15) is 30.9 Å². The molecule has 1 aliphatic rings. The van der Waals surface area contributed by atoms with Crippen LogP contribution in [0.4, 0.5) is 11.4 Å². The van der Waals surface area contributed by atoms with Crippen LogP contribution in [0.2, 0.25) is 0 Å². The van der Waals surface area contributed by atoms with Gasteiger partial charge in [-0.3, -0.25) is 19.8 Å². The van der Waals surface area contributed by atoms with Crippen molar-refractivity contribution in [1.29, 1.82) is 0 Å². The van der Waals surface area contributed by atoms with E-state index in [2.05, 4.69) is 27.0 Å². The van der Waals surface area contributed by atoms with Gasteiger partial charge in [0, 0.05) is 19.0 Å². The summed E-state index contributed by atoms with van der Waals surface area (Å²) in [6, 6.07) is 6.90. The predicted octanol–water partition coefficient (Wildman–Crippen LogP) is 3.83. The molecule has 2 heterocycles. The first-order chi connectivity index (χ1) is 12.6. The molecule has 1 aromatic heterocycles. The lowest BCUT2D eigenvalue weighted by atomic mass is 10.1. The van der Waals surface area contributed by atoms with E-state index in [1.54, 1.807) is 17.4 Å². The molecule has 26 heavy (non-hydrogen) atoms. The maximum absolute atomic E-state index is 12.3. The van der Waals surface area contributed by atoms with E-state index in [-0.39, 0.29) is 17.3 Å². The van der Waals surface area contributed by atoms with Gasteiger partial charge in [-0.1, -0.05) is 0 Å². The Labute approximate surface area is 155 Å². The van der Waals surface area contributed by atoms with E-state index in [9.17, 15) is 14.9 Å². The van der Waals surface area contributed by atoms with Gasteiger partial charge in [0.05, 0.1) is 18.1 Å². The quantitative estimate of drug-likeness (QED) is 0.587. The number of nitrogens with zero attached hydrogens (tertiary/aromatic N) is 2. The first-order valence-corrected chi connectivity index (χ1v) is 9.41. The number of hydrogen-bond acceptors (Lipinski definition) is 6. The van der Waals surface area contributed by atoms with Crippen molar-refractivity contribution in [2.45, 2.75) is 25.3 Å². The number of carbonyl (C=O) groups excluding carboxylic acids is 1. The Morgan fingerprint density at radius 2 is 2.31 bits per heavy atom. The molecule has 3 rings (SSSR count). The summed E-state index contributed by atoms with van der Waals surface area (Å²) >= 11 is 1.68. The van der Waals surface area contributed by atoms with Crippen LogP contribution in [0.5, 0.6) is 5.75 Å². The van der Waals surface area contributed by atoms with Crippen LogP contribution in [0.3, 0.4) is 0 Å². The fourth-order valence-electron chi connectivity index (χ4n) is 3.29. The van der Waals surface area contributed by atoms with Gasteiger partial charge >= 0.3 is 0 Å². The highest BCUT2D eigenvalue weighted by atomic mass is 32.1. The van der Waals surface area contributed by atoms with Crippen LogP contribution in [-0.4, -0.2) is 35.9 Å². The summed E-state index contributed by atoms with van der Waals surface area (Å²) in [7, 11) is 1.44. The molecule has 0 aliphatic carbocycles. The van der Waals surface area contributed by atoms with E-state index in [4.69, 9.17) is 4.74 Å². The zero-order valence-corrected chi connectivity index (χ0v) is 15.3. The third-order valence-corrected chi connectivity index (χ3v) is 5.29. The molecular formula is C18H21N3O4S. The van der Waals surface area contributed by atoms with Crippen molar-refractivity contribution in [2.75, 3.05) is 25.5 Å². The molecule has 0 bridgehead atoms. The van der Waals surface area contributed by atoms with Crippen molar-refractivity contribution in [3.8, 4) is 5.75 Å². The topological polar surface area (TPSA) is 84.7 Å². The highest BCUT2D eigenvalue weighted by Gasteiger charge is 2.26. The molecule has 8 heteroatoms. The summed E-state index contributed by atoms with van der Waals surface area (Å²) < 4.78 is 5.00. The van der Waals surface area contributed by atoms with Gasteiger partial charge in [-0.05, 0) is 53.9 Å². The second-order valence-corrected chi connectivity index (χ2v) is 6.97. The minimum atomic E-state index is -0.523. The average Bonchev–Trinajstić information content (AvgIpc) is 3.31. The zero-order valence-electron chi connectivity index (χ0n) is 14.5. The number of hydrogen-bond donors (Lipinski definition) is 1. The minimum absolute atomic E-state index is 0.171. The van der Waals surface area contributed by atoms with Crippen molar-refractivity contribution >= 4 is 28.6 Å². The summed E-state index contributed by atoms with van der Waals surface area (Å²) in [4.78, 5) is 25.3. The molecule has 0 unspecified atom stereocenters. The lowest BCUT2D eigenvalue weighted by Gasteiger charge is -2.23. The van der Waals surface area contributed by atoms with Gasteiger partial charge in [-0.15, -0.1) is 0 Å². The average molecular weight is 375 g/mol. The predicted molar refractivity (Wildman–Crippen MR) is 101 cm³/mol. The van der Waals surface area contributed by atoms with E-state index in [0.29, 0.717) is 24.8 Å². The highest BCUT2D eigenvalue weighted by Crippen LogP contribution is 2.33. The molecule has 138 valence electrons. The molecule has 1 fully saturated rings. The van der Waals surface area contributed by atoms with E-state index >= 15 is 0 Å². The number of nitro groups is 1. The fraction of sp³-hybridized carbons (Fsp3) is 0.389. The van der Waals surface area contributed by atoms with Crippen molar-refractivity contribution in [3.05, 3.63) is 50.7 Å². The third-order valence-electron chi connectivity index (χ3n) is 4.59. The molecule has 1 atom stereocenters. The zero-order chi connectivity index (χ0) is 18.5. The monoisotopic (exact) mass is 375 g/mol. The summed E-state index contributed by atoms with van der Waals surface area (Å²) in [5, 5.41) is 18.1. The lowest BCUT2D eigenvalue weighted by molar-refractivity contribution is -0.384. The summed E-state index contributed by atoms with van der Waals surface area (Å²) in [6.07, 6.45) is 2.51. The molecule has 1 N–H and O–H groups in total. The number of likely N-dealkylation sites (tertiary alicyclic amines) is 1. The van der Waals surface area contributed by atoms with Crippen molar-refractivity contribution in [2.24, 2.45) is 0 Å². The number of nitro benzene ring substituents is 1. The smallest absolute Gasteiger partial charge is 0.296 e.